The van der Waals surface area contributed by atoms with Crippen LogP contribution in [0.5, 0.6) is 11.5 Å². The lowest BCUT2D eigenvalue weighted by molar-refractivity contribution is 0.0475. The Morgan fingerprint density at radius 2 is 1.96 bits per heavy atom. The fourth-order valence-corrected chi connectivity index (χ4v) is 3.92. The van der Waals surface area contributed by atoms with Gasteiger partial charge in [-0.25, -0.2) is 0 Å². The number of hydrogen-bond donors (Lipinski definition) is 2. The number of likely N-dealkylation sites (tertiary alicyclic amines) is 1. The van der Waals surface area contributed by atoms with Gasteiger partial charge < -0.3 is 14.9 Å². The van der Waals surface area contributed by atoms with Crippen molar-refractivity contribution in [1.82, 2.24) is 4.90 Å². The van der Waals surface area contributed by atoms with E-state index in [1.807, 2.05) is 19.1 Å². The molecule has 1 heterocycles. The van der Waals surface area contributed by atoms with Crippen LogP contribution in [0.1, 0.15) is 30.9 Å². The van der Waals surface area contributed by atoms with Crippen LogP contribution in [0.25, 0.3) is 0 Å². The van der Waals surface area contributed by atoms with E-state index in [-0.39, 0.29) is 17.1 Å². The molecule has 3 atom stereocenters. The molecule has 0 bridgehead atoms. The van der Waals surface area contributed by atoms with Crippen LogP contribution in [0.3, 0.4) is 0 Å². The van der Waals surface area contributed by atoms with Gasteiger partial charge in [0.15, 0.2) is 11.5 Å². The van der Waals surface area contributed by atoms with Crippen molar-refractivity contribution in [3.8, 4) is 11.5 Å². The van der Waals surface area contributed by atoms with Gasteiger partial charge in [0, 0.05) is 31.0 Å². The Balaban J connectivity index is 1.87. The molecule has 4 heteroatoms. The summed E-state index contributed by atoms with van der Waals surface area (Å²) in [4.78, 5) is 2.38. The standard InChI is InChI=1S/C21H27NO3/c1-15(23)21(2)14-22(12-16-7-5-4-6-8-16)13-18(21)17-9-10-20(25-3)19(24)11-17/h4-11,15,18,23-24H,12-14H2,1-3H3/t15-,18+,21?/m1/s1. The molecule has 1 saturated heterocycles. The molecule has 0 saturated carbocycles. The zero-order chi connectivity index (χ0) is 18.0. The van der Waals surface area contributed by atoms with E-state index in [1.165, 1.54) is 5.56 Å². The Bertz CT molecular complexity index is 716. The molecular formula is C21H27NO3. The Kier molecular flexibility index (Phi) is 5.02. The molecule has 0 spiro atoms. The highest BCUT2D eigenvalue weighted by Crippen LogP contribution is 2.46. The van der Waals surface area contributed by atoms with E-state index in [4.69, 9.17) is 4.74 Å². The Morgan fingerprint density at radius 1 is 1.24 bits per heavy atom. The normalized spacial score (nSPS) is 25.0. The van der Waals surface area contributed by atoms with Gasteiger partial charge in [-0.2, -0.15) is 0 Å². The maximum absolute atomic E-state index is 10.5. The third kappa shape index (κ3) is 3.51. The monoisotopic (exact) mass is 341 g/mol. The van der Waals surface area contributed by atoms with Crippen molar-refractivity contribution in [1.29, 1.82) is 0 Å². The first-order valence-electron chi connectivity index (χ1n) is 8.75. The Morgan fingerprint density at radius 3 is 2.56 bits per heavy atom. The maximum Gasteiger partial charge on any atom is 0.160 e. The highest BCUT2D eigenvalue weighted by Gasteiger charge is 2.46. The number of aromatic hydroxyl groups is 1. The van der Waals surface area contributed by atoms with E-state index in [2.05, 4.69) is 36.1 Å². The molecule has 1 fully saturated rings. The van der Waals surface area contributed by atoms with Gasteiger partial charge in [0.1, 0.15) is 0 Å². The molecule has 1 unspecified atom stereocenters. The molecule has 0 radical (unpaired) electrons. The number of hydrogen-bond acceptors (Lipinski definition) is 4. The van der Waals surface area contributed by atoms with E-state index in [9.17, 15) is 10.2 Å². The van der Waals surface area contributed by atoms with Crippen molar-refractivity contribution in [3.05, 3.63) is 59.7 Å². The van der Waals surface area contributed by atoms with Crippen molar-refractivity contribution in [2.45, 2.75) is 32.4 Å². The topological polar surface area (TPSA) is 52.9 Å². The number of methoxy groups -OCH3 is 1. The van der Waals surface area contributed by atoms with Crippen LogP contribution in [0, 0.1) is 5.41 Å². The number of rotatable bonds is 5. The smallest absolute Gasteiger partial charge is 0.160 e. The molecule has 2 N–H and O–H groups in total. The third-order valence-electron chi connectivity index (χ3n) is 5.61. The summed E-state index contributed by atoms with van der Waals surface area (Å²) in [6, 6.07) is 16.0. The minimum Gasteiger partial charge on any atom is -0.504 e. The molecule has 2 aromatic rings. The summed E-state index contributed by atoms with van der Waals surface area (Å²) in [6.45, 7) is 6.53. The molecule has 1 aliphatic heterocycles. The quantitative estimate of drug-likeness (QED) is 0.875. The number of phenols is 1. The van der Waals surface area contributed by atoms with Gasteiger partial charge >= 0.3 is 0 Å². The van der Waals surface area contributed by atoms with Crippen LogP contribution in [0.4, 0.5) is 0 Å². The predicted octanol–water partition coefficient (Wildman–Crippen LogP) is 3.39. The van der Waals surface area contributed by atoms with E-state index < -0.39 is 6.10 Å². The Hall–Kier alpha value is -2.04. The van der Waals surface area contributed by atoms with Gasteiger partial charge in [0.05, 0.1) is 13.2 Å². The highest BCUT2D eigenvalue weighted by molar-refractivity contribution is 5.43. The molecule has 134 valence electrons. The highest BCUT2D eigenvalue weighted by atomic mass is 16.5. The van der Waals surface area contributed by atoms with Crippen LogP contribution in [-0.2, 0) is 6.54 Å². The van der Waals surface area contributed by atoms with E-state index in [0.717, 1.165) is 25.2 Å². The summed E-state index contributed by atoms with van der Waals surface area (Å²) in [5.74, 6) is 0.768. The summed E-state index contributed by atoms with van der Waals surface area (Å²) in [5.41, 5.74) is 2.04. The van der Waals surface area contributed by atoms with E-state index in [0.29, 0.717) is 5.75 Å². The van der Waals surface area contributed by atoms with Crippen LogP contribution in [0.2, 0.25) is 0 Å². The lowest BCUT2D eigenvalue weighted by atomic mass is 9.72. The summed E-state index contributed by atoms with van der Waals surface area (Å²) in [5, 5.41) is 20.6. The fourth-order valence-electron chi connectivity index (χ4n) is 3.92. The number of aliphatic hydroxyl groups is 1. The average Bonchev–Trinajstić information content (AvgIpc) is 2.93. The fraction of sp³-hybridized carbons (Fsp3) is 0.429. The number of aliphatic hydroxyl groups excluding tert-OH is 1. The molecule has 4 nitrogen and oxygen atoms in total. The SMILES string of the molecule is COc1ccc([C@@H]2CN(Cc3ccccc3)CC2(C)[C@@H](C)O)cc1O. The number of benzene rings is 2. The van der Waals surface area contributed by atoms with Gasteiger partial charge in [-0.05, 0) is 30.2 Å². The third-order valence-corrected chi connectivity index (χ3v) is 5.61. The number of phenolic OH excluding ortho intramolecular Hbond substituents is 1. The maximum atomic E-state index is 10.5. The summed E-state index contributed by atoms with van der Waals surface area (Å²) in [6.07, 6.45) is -0.442. The second-order valence-corrected chi connectivity index (χ2v) is 7.32. The second kappa shape index (κ2) is 7.06. The zero-order valence-electron chi connectivity index (χ0n) is 15.1. The van der Waals surface area contributed by atoms with Crippen LogP contribution < -0.4 is 4.74 Å². The van der Waals surface area contributed by atoms with Crippen LogP contribution in [-0.4, -0.2) is 41.4 Å². The van der Waals surface area contributed by atoms with E-state index >= 15 is 0 Å². The first-order valence-corrected chi connectivity index (χ1v) is 8.75. The molecule has 2 aromatic carbocycles. The second-order valence-electron chi connectivity index (χ2n) is 7.32. The predicted molar refractivity (Wildman–Crippen MR) is 98.9 cm³/mol. The van der Waals surface area contributed by atoms with Gasteiger partial charge in [-0.15, -0.1) is 0 Å². The first-order chi connectivity index (χ1) is 11.9. The zero-order valence-corrected chi connectivity index (χ0v) is 15.1. The lowest BCUT2D eigenvalue weighted by Gasteiger charge is -2.34. The van der Waals surface area contributed by atoms with Crippen molar-refractivity contribution >= 4 is 0 Å². The summed E-state index contributed by atoms with van der Waals surface area (Å²) in [7, 11) is 1.55. The summed E-state index contributed by atoms with van der Waals surface area (Å²) < 4.78 is 5.15. The number of nitrogens with zero attached hydrogens (tertiary/aromatic N) is 1. The van der Waals surface area contributed by atoms with Crippen molar-refractivity contribution < 1.29 is 14.9 Å². The van der Waals surface area contributed by atoms with Gasteiger partial charge in [-0.3, -0.25) is 4.90 Å². The van der Waals surface area contributed by atoms with Gasteiger partial charge in [0.25, 0.3) is 0 Å². The largest absolute Gasteiger partial charge is 0.504 e. The minimum absolute atomic E-state index is 0.146. The molecule has 3 rings (SSSR count). The lowest BCUT2D eigenvalue weighted by Crippen LogP contribution is -2.36. The van der Waals surface area contributed by atoms with Crippen molar-refractivity contribution in [2.75, 3.05) is 20.2 Å². The van der Waals surface area contributed by atoms with Crippen LogP contribution in [0.15, 0.2) is 48.5 Å². The summed E-state index contributed by atoms with van der Waals surface area (Å²) >= 11 is 0. The van der Waals surface area contributed by atoms with Crippen molar-refractivity contribution in [2.24, 2.45) is 5.41 Å². The molecule has 0 aliphatic carbocycles. The van der Waals surface area contributed by atoms with Crippen molar-refractivity contribution in [3.63, 3.8) is 0 Å². The average molecular weight is 341 g/mol. The molecule has 0 aromatic heterocycles. The molecular weight excluding hydrogens is 314 g/mol. The van der Waals surface area contributed by atoms with Gasteiger partial charge in [-0.1, -0.05) is 43.3 Å². The Labute approximate surface area is 149 Å². The minimum atomic E-state index is -0.442. The number of ether oxygens (including phenoxy) is 1. The first kappa shape index (κ1) is 17.8. The van der Waals surface area contributed by atoms with E-state index in [1.54, 1.807) is 19.2 Å². The molecule has 1 aliphatic rings. The van der Waals surface area contributed by atoms with Gasteiger partial charge in [0.2, 0.25) is 0 Å². The van der Waals surface area contributed by atoms with Crippen LogP contribution >= 0.6 is 0 Å². The molecule has 25 heavy (non-hydrogen) atoms. The molecule has 0 amide bonds.